The number of aromatic nitrogens is 1. The van der Waals surface area contributed by atoms with Gasteiger partial charge in [0, 0.05) is 24.2 Å². The lowest BCUT2D eigenvalue weighted by atomic mass is 9.77. The molecule has 0 saturated carbocycles. The predicted molar refractivity (Wildman–Crippen MR) is 134 cm³/mol. The summed E-state index contributed by atoms with van der Waals surface area (Å²) in [5.74, 6) is 0.216. The van der Waals surface area contributed by atoms with Crippen LogP contribution < -0.4 is 10.2 Å². The average Bonchev–Trinajstić information content (AvgIpc) is 3.05. The van der Waals surface area contributed by atoms with Crippen molar-refractivity contribution in [2.75, 3.05) is 7.11 Å². The number of methoxy groups -OCH3 is 1. The molecule has 35 heavy (non-hydrogen) atoms. The van der Waals surface area contributed by atoms with Crippen LogP contribution in [-0.2, 0) is 27.1 Å². The first-order chi connectivity index (χ1) is 16.6. The highest BCUT2D eigenvalue weighted by Gasteiger charge is 2.51. The van der Waals surface area contributed by atoms with Gasteiger partial charge in [0.15, 0.2) is 0 Å². The van der Waals surface area contributed by atoms with Gasteiger partial charge in [0.25, 0.3) is 0 Å². The standard InChI is InChI=1S/C28H31BFNO4/c1-17-15-31-26(32-6)14-23(17)18-8-10-22(24(30)12-18)25-13-20-11-21(9-7-19(20)16-33-25)29-34-27(2,3)28(4,5)35-29/h7-12,14-15,25H,13,16H2,1-6H3. The largest absolute Gasteiger partial charge is 0.494 e. The lowest BCUT2D eigenvalue weighted by Crippen LogP contribution is -2.41. The Morgan fingerprint density at radius 1 is 1.00 bits per heavy atom. The number of rotatable bonds is 4. The molecule has 2 aliphatic rings. The van der Waals surface area contributed by atoms with E-state index in [1.54, 1.807) is 19.4 Å². The molecule has 0 amide bonds. The molecule has 1 unspecified atom stereocenters. The van der Waals surface area contributed by atoms with E-state index in [0.29, 0.717) is 24.5 Å². The number of halogens is 1. The Kier molecular flexibility index (Phi) is 5.98. The van der Waals surface area contributed by atoms with E-state index in [4.69, 9.17) is 18.8 Å². The molecule has 3 heterocycles. The Morgan fingerprint density at radius 3 is 2.43 bits per heavy atom. The molecule has 1 atom stereocenters. The van der Waals surface area contributed by atoms with E-state index in [0.717, 1.165) is 33.3 Å². The predicted octanol–water partition coefficient (Wildman–Crippen LogP) is 5.32. The van der Waals surface area contributed by atoms with Crippen LogP contribution in [-0.4, -0.2) is 30.4 Å². The highest BCUT2D eigenvalue weighted by Crippen LogP contribution is 2.38. The third kappa shape index (κ3) is 4.37. The van der Waals surface area contributed by atoms with Gasteiger partial charge in [-0.2, -0.15) is 0 Å². The van der Waals surface area contributed by atoms with Gasteiger partial charge in [-0.25, -0.2) is 9.37 Å². The number of aryl methyl sites for hydroxylation is 1. The highest BCUT2D eigenvalue weighted by atomic mass is 19.1. The fourth-order valence-corrected chi connectivity index (χ4v) is 4.63. The van der Waals surface area contributed by atoms with Crippen LogP contribution in [0.25, 0.3) is 11.1 Å². The molecule has 0 radical (unpaired) electrons. The van der Waals surface area contributed by atoms with Crippen LogP contribution in [0.3, 0.4) is 0 Å². The van der Waals surface area contributed by atoms with Crippen molar-refractivity contribution in [2.45, 2.75) is 65.0 Å². The molecule has 2 aromatic carbocycles. The van der Waals surface area contributed by atoms with Gasteiger partial charge in [-0.05, 0) is 74.0 Å². The van der Waals surface area contributed by atoms with E-state index in [-0.39, 0.29) is 11.9 Å². The Bertz CT molecular complexity index is 1260. The van der Waals surface area contributed by atoms with Gasteiger partial charge < -0.3 is 18.8 Å². The van der Waals surface area contributed by atoms with Gasteiger partial charge in [0.1, 0.15) is 5.82 Å². The molecule has 1 saturated heterocycles. The average molecular weight is 475 g/mol. The second-order valence-electron chi connectivity index (χ2n) is 10.4. The van der Waals surface area contributed by atoms with E-state index < -0.39 is 18.3 Å². The number of hydrogen-bond acceptors (Lipinski definition) is 5. The van der Waals surface area contributed by atoms with E-state index in [9.17, 15) is 0 Å². The van der Waals surface area contributed by atoms with Crippen LogP contribution in [0.2, 0.25) is 0 Å². The van der Waals surface area contributed by atoms with Crippen LogP contribution in [0.5, 0.6) is 5.88 Å². The Labute approximate surface area is 206 Å². The second-order valence-corrected chi connectivity index (χ2v) is 10.4. The molecule has 2 aliphatic heterocycles. The van der Waals surface area contributed by atoms with Crippen LogP contribution in [0.1, 0.15) is 56.1 Å². The lowest BCUT2D eigenvalue weighted by molar-refractivity contribution is 0.00578. The number of fused-ring (bicyclic) bond motifs is 1. The summed E-state index contributed by atoms with van der Waals surface area (Å²) in [6.45, 7) is 10.6. The first-order valence-corrected chi connectivity index (χ1v) is 12.0. The first kappa shape index (κ1) is 24.0. The molecule has 7 heteroatoms. The Morgan fingerprint density at radius 2 is 1.74 bits per heavy atom. The van der Waals surface area contributed by atoms with Crippen molar-refractivity contribution in [1.29, 1.82) is 0 Å². The van der Waals surface area contributed by atoms with E-state index in [1.165, 1.54) is 0 Å². The smallest absolute Gasteiger partial charge is 0.481 e. The molecule has 5 nitrogen and oxygen atoms in total. The second kappa shape index (κ2) is 8.73. The van der Waals surface area contributed by atoms with Crippen LogP contribution in [0.15, 0.2) is 48.7 Å². The third-order valence-corrected chi connectivity index (χ3v) is 7.55. The quantitative estimate of drug-likeness (QED) is 0.479. The topological polar surface area (TPSA) is 49.8 Å². The minimum atomic E-state index is -0.428. The number of nitrogens with zero attached hydrogens (tertiary/aromatic N) is 1. The number of benzene rings is 2. The Hall–Kier alpha value is -2.74. The van der Waals surface area contributed by atoms with Gasteiger partial charge in [-0.15, -0.1) is 0 Å². The van der Waals surface area contributed by atoms with Gasteiger partial charge in [0.05, 0.1) is 31.0 Å². The van der Waals surface area contributed by atoms with Crippen molar-refractivity contribution in [3.63, 3.8) is 0 Å². The summed E-state index contributed by atoms with van der Waals surface area (Å²) in [6, 6.07) is 13.4. The summed E-state index contributed by atoms with van der Waals surface area (Å²) in [7, 11) is 1.14. The van der Waals surface area contributed by atoms with Crippen molar-refractivity contribution >= 4 is 12.6 Å². The van der Waals surface area contributed by atoms with E-state index >= 15 is 4.39 Å². The summed E-state index contributed by atoms with van der Waals surface area (Å²) >= 11 is 0. The maximum absolute atomic E-state index is 15.3. The summed E-state index contributed by atoms with van der Waals surface area (Å²) in [5, 5.41) is 0. The SMILES string of the molecule is COc1cc(-c2ccc(C3Cc4cc(B5OC(C)(C)C(C)(C)O5)ccc4CO3)c(F)c2)c(C)cn1. The Balaban J connectivity index is 1.39. The molecule has 0 bridgehead atoms. The maximum Gasteiger partial charge on any atom is 0.494 e. The molecule has 5 rings (SSSR count). The van der Waals surface area contributed by atoms with Crippen molar-refractivity contribution in [2.24, 2.45) is 0 Å². The van der Waals surface area contributed by atoms with Crippen LogP contribution >= 0.6 is 0 Å². The molecule has 1 aromatic heterocycles. The number of ether oxygens (including phenoxy) is 2. The van der Waals surface area contributed by atoms with E-state index in [2.05, 4.69) is 17.1 Å². The first-order valence-electron chi connectivity index (χ1n) is 12.0. The summed E-state index contributed by atoms with van der Waals surface area (Å²) in [6.07, 6.45) is 1.96. The summed E-state index contributed by atoms with van der Waals surface area (Å²) in [5.41, 5.74) is 5.59. The molecule has 0 aliphatic carbocycles. The maximum atomic E-state index is 15.3. The molecule has 0 N–H and O–H groups in total. The fourth-order valence-electron chi connectivity index (χ4n) is 4.63. The van der Waals surface area contributed by atoms with Crippen LogP contribution in [0, 0.1) is 12.7 Å². The normalized spacial score (nSPS) is 20.5. The minimum Gasteiger partial charge on any atom is -0.481 e. The zero-order valence-corrected chi connectivity index (χ0v) is 21.1. The number of hydrogen-bond donors (Lipinski definition) is 0. The fraction of sp³-hybridized carbons (Fsp3) is 0.393. The van der Waals surface area contributed by atoms with Gasteiger partial charge in [-0.1, -0.05) is 30.3 Å². The highest BCUT2D eigenvalue weighted by molar-refractivity contribution is 6.62. The third-order valence-electron chi connectivity index (χ3n) is 7.55. The van der Waals surface area contributed by atoms with Crippen molar-refractivity contribution < 1.29 is 23.2 Å². The number of pyridine rings is 1. The molecule has 3 aromatic rings. The van der Waals surface area contributed by atoms with Gasteiger partial charge in [-0.3, -0.25) is 0 Å². The molecular weight excluding hydrogens is 444 g/mol. The minimum absolute atomic E-state index is 0.284. The van der Waals surface area contributed by atoms with Crippen LogP contribution in [0.4, 0.5) is 4.39 Å². The molecule has 1 fully saturated rings. The van der Waals surface area contributed by atoms with Crippen molar-refractivity contribution in [1.82, 2.24) is 4.98 Å². The monoisotopic (exact) mass is 475 g/mol. The summed E-state index contributed by atoms with van der Waals surface area (Å²) in [4.78, 5) is 4.22. The van der Waals surface area contributed by atoms with Crippen molar-refractivity contribution in [3.05, 3.63) is 76.7 Å². The van der Waals surface area contributed by atoms with E-state index in [1.807, 2.05) is 58.9 Å². The summed E-state index contributed by atoms with van der Waals surface area (Å²) < 4.78 is 39.1. The van der Waals surface area contributed by atoms with Crippen molar-refractivity contribution in [3.8, 4) is 17.0 Å². The zero-order chi connectivity index (χ0) is 25.0. The molecule has 182 valence electrons. The molecular formula is C28H31BFNO4. The lowest BCUT2D eigenvalue weighted by Gasteiger charge is -2.32. The zero-order valence-electron chi connectivity index (χ0n) is 21.1. The molecule has 0 spiro atoms. The van der Waals surface area contributed by atoms with Gasteiger partial charge in [0.2, 0.25) is 5.88 Å². The van der Waals surface area contributed by atoms with Gasteiger partial charge >= 0.3 is 7.12 Å².